The van der Waals surface area contributed by atoms with Gasteiger partial charge in [-0.2, -0.15) is 17.6 Å². The van der Waals surface area contributed by atoms with Gasteiger partial charge in [0, 0.05) is 18.5 Å². The normalized spacial score (nSPS) is 20.8. The largest absolute Gasteiger partial charge is 0.416 e. The Morgan fingerprint density at radius 2 is 1.87 bits per heavy atom. The van der Waals surface area contributed by atoms with E-state index >= 15 is 4.39 Å². The van der Waals surface area contributed by atoms with Crippen molar-refractivity contribution in [1.82, 2.24) is 9.97 Å². The van der Waals surface area contributed by atoms with Crippen LogP contribution in [0.5, 0.6) is 0 Å². The summed E-state index contributed by atoms with van der Waals surface area (Å²) < 4.78 is 53.9. The summed E-state index contributed by atoms with van der Waals surface area (Å²) in [5.41, 5.74) is -0.204. The predicted molar refractivity (Wildman–Crippen MR) is 105 cm³/mol. The molecule has 4 rings (SSSR count). The number of piperidine rings is 1. The van der Waals surface area contributed by atoms with Crippen LogP contribution in [0, 0.1) is 11.2 Å². The Kier molecular flexibility index (Phi) is 5.57. The van der Waals surface area contributed by atoms with E-state index in [9.17, 15) is 18.3 Å². The van der Waals surface area contributed by atoms with Crippen molar-refractivity contribution >= 4 is 11.6 Å². The van der Waals surface area contributed by atoms with Crippen molar-refractivity contribution in [3.05, 3.63) is 47.5 Å². The van der Waals surface area contributed by atoms with E-state index < -0.39 is 17.6 Å². The molecule has 2 N–H and O–H groups in total. The standard InChI is InChI=1S/C21H24F4N4O/c22-17-18(26-11-20(12-30)8-9-20)27-13-28-19(17)29-10-2-1-3-16(29)14-4-6-15(7-5-14)21(23,24)25/h4-7,13,16,30H,1-3,8-12H2,(H,26,27,28). The molecule has 1 aliphatic heterocycles. The van der Waals surface area contributed by atoms with Gasteiger partial charge in [-0.05, 0) is 49.8 Å². The number of nitrogens with one attached hydrogen (secondary N) is 1. The van der Waals surface area contributed by atoms with Gasteiger partial charge in [-0.3, -0.25) is 0 Å². The molecule has 1 saturated carbocycles. The Bertz CT molecular complexity index is 884. The van der Waals surface area contributed by atoms with Crippen LogP contribution < -0.4 is 10.2 Å². The first-order chi connectivity index (χ1) is 14.3. The van der Waals surface area contributed by atoms with Crippen molar-refractivity contribution in [3.8, 4) is 0 Å². The lowest BCUT2D eigenvalue weighted by molar-refractivity contribution is -0.137. The number of benzene rings is 1. The second-order valence-electron chi connectivity index (χ2n) is 8.20. The smallest absolute Gasteiger partial charge is 0.396 e. The molecule has 0 bridgehead atoms. The minimum atomic E-state index is -4.39. The molecule has 5 nitrogen and oxygen atoms in total. The number of halogens is 4. The van der Waals surface area contributed by atoms with Crippen molar-refractivity contribution in [3.63, 3.8) is 0 Å². The molecule has 2 aliphatic rings. The van der Waals surface area contributed by atoms with Crippen molar-refractivity contribution in [2.75, 3.05) is 29.9 Å². The number of aliphatic hydroxyl groups is 1. The second-order valence-corrected chi connectivity index (χ2v) is 8.20. The Labute approximate surface area is 172 Å². The molecule has 0 amide bonds. The Balaban J connectivity index is 1.57. The van der Waals surface area contributed by atoms with Crippen LogP contribution in [-0.4, -0.2) is 34.8 Å². The summed E-state index contributed by atoms with van der Waals surface area (Å²) in [5, 5.41) is 12.4. The lowest BCUT2D eigenvalue weighted by Gasteiger charge is -2.37. The minimum absolute atomic E-state index is 0.0433. The van der Waals surface area contributed by atoms with Gasteiger partial charge < -0.3 is 15.3 Å². The Hall–Kier alpha value is -2.42. The third-order valence-corrected chi connectivity index (χ3v) is 6.09. The van der Waals surface area contributed by atoms with E-state index in [0.717, 1.165) is 37.8 Å². The monoisotopic (exact) mass is 424 g/mol. The summed E-state index contributed by atoms with van der Waals surface area (Å²) in [6.45, 7) is 1.03. The van der Waals surface area contributed by atoms with Gasteiger partial charge in [0.2, 0.25) is 5.82 Å². The summed E-state index contributed by atoms with van der Waals surface area (Å²) in [5.74, 6) is -0.354. The first-order valence-corrected chi connectivity index (χ1v) is 10.1. The second kappa shape index (κ2) is 8.02. The van der Waals surface area contributed by atoms with Crippen LogP contribution in [0.3, 0.4) is 0 Å². The Morgan fingerprint density at radius 3 is 2.50 bits per heavy atom. The summed E-state index contributed by atoms with van der Waals surface area (Å²) in [7, 11) is 0. The highest BCUT2D eigenvalue weighted by Crippen LogP contribution is 2.45. The molecule has 2 heterocycles. The summed E-state index contributed by atoms with van der Waals surface area (Å²) in [6, 6.07) is 4.79. The van der Waals surface area contributed by atoms with Crippen molar-refractivity contribution in [1.29, 1.82) is 0 Å². The molecule has 9 heteroatoms. The lowest BCUT2D eigenvalue weighted by Crippen LogP contribution is -2.35. The maximum atomic E-state index is 15.2. The number of aromatic nitrogens is 2. The van der Waals surface area contributed by atoms with Gasteiger partial charge in [0.25, 0.3) is 0 Å². The highest BCUT2D eigenvalue weighted by atomic mass is 19.4. The Morgan fingerprint density at radius 1 is 1.13 bits per heavy atom. The zero-order chi connectivity index (χ0) is 21.4. The molecule has 30 heavy (non-hydrogen) atoms. The van der Waals surface area contributed by atoms with Crippen molar-refractivity contribution in [2.24, 2.45) is 5.41 Å². The fourth-order valence-corrected chi connectivity index (χ4v) is 3.95. The number of rotatable bonds is 6. The van der Waals surface area contributed by atoms with Crippen LogP contribution in [0.2, 0.25) is 0 Å². The first kappa shape index (κ1) is 20.8. The van der Waals surface area contributed by atoms with Crippen LogP contribution in [0.15, 0.2) is 30.6 Å². The molecular weight excluding hydrogens is 400 g/mol. The van der Waals surface area contributed by atoms with Gasteiger partial charge in [0.15, 0.2) is 11.6 Å². The maximum absolute atomic E-state index is 15.2. The van der Waals surface area contributed by atoms with E-state index in [-0.39, 0.29) is 29.7 Å². The van der Waals surface area contributed by atoms with Gasteiger partial charge in [0.1, 0.15) is 6.33 Å². The van der Waals surface area contributed by atoms with Gasteiger partial charge >= 0.3 is 6.18 Å². The van der Waals surface area contributed by atoms with Crippen LogP contribution in [0.4, 0.5) is 29.2 Å². The van der Waals surface area contributed by atoms with Crippen LogP contribution in [-0.2, 0) is 6.18 Å². The van der Waals surface area contributed by atoms with E-state index in [4.69, 9.17) is 0 Å². The van der Waals surface area contributed by atoms with Crippen molar-refractivity contribution in [2.45, 2.75) is 44.3 Å². The summed E-state index contributed by atoms with van der Waals surface area (Å²) in [4.78, 5) is 9.96. The average molecular weight is 424 g/mol. The SMILES string of the molecule is OCC1(CNc2ncnc(N3CCCCC3c3ccc(C(F)(F)F)cc3)c2F)CC1. The topological polar surface area (TPSA) is 61.3 Å². The molecule has 1 unspecified atom stereocenters. The maximum Gasteiger partial charge on any atom is 0.416 e. The number of nitrogens with zero attached hydrogens (tertiary/aromatic N) is 3. The molecule has 1 aromatic carbocycles. The lowest BCUT2D eigenvalue weighted by atomic mass is 9.94. The first-order valence-electron chi connectivity index (χ1n) is 10.1. The van der Waals surface area contributed by atoms with Gasteiger partial charge in [-0.1, -0.05) is 12.1 Å². The molecule has 1 atom stereocenters. The van der Waals surface area contributed by atoms with Gasteiger partial charge in [0.05, 0.1) is 18.2 Å². The van der Waals surface area contributed by atoms with E-state index in [2.05, 4.69) is 15.3 Å². The zero-order valence-corrected chi connectivity index (χ0v) is 16.4. The highest BCUT2D eigenvalue weighted by molar-refractivity contribution is 5.53. The molecule has 162 valence electrons. The molecule has 0 spiro atoms. The average Bonchev–Trinajstić information content (AvgIpc) is 3.53. The summed E-state index contributed by atoms with van der Waals surface area (Å²) in [6.07, 6.45) is 1.12. The fraction of sp³-hybridized carbons (Fsp3) is 0.524. The third kappa shape index (κ3) is 4.21. The van der Waals surface area contributed by atoms with Gasteiger partial charge in [-0.15, -0.1) is 0 Å². The molecule has 1 aromatic heterocycles. The third-order valence-electron chi connectivity index (χ3n) is 6.09. The van der Waals surface area contributed by atoms with E-state index in [1.807, 2.05) is 4.90 Å². The van der Waals surface area contributed by atoms with Crippen LogP contribution in [0.1, 0.15) is 49.3 Å². The predicted octanol–water partition coefficient (Wildman–Crippen LogP) is 4.55. The van der Waals surface area contributed by atoms with E-state index in [1.165, 1.54) is 18.5 Å². The molecule has 2 aromatic rings. The zero-order valence-electron chi connectivity index (χ0n) is 16.4. The fourth-order valence-electron chi connectivity index (χ4n) is 3.95. The summed E-state index contributed by atoms with van der Waals surface area (Å²) >= 11 is 0. The minimum Gasteiger partial charge on any atom is -0.396 e. The van der Waals surface area contributed by atoms with E-state index in [1.54, 1.807) is 0 Å². The molecule has 2 fully saturated rings. The molecular formula is C21H24F4N4O. The number of anilines is 2. The number of aliphatic hydroxyl groups excluding tert-OH is 1. The van der Waals surface area contributed by atoms with E-state index in [0.29, 0.717) is 25.1 Å². The number of hydrogen-bond donors (Lipinski definition) is 2. The van der Waals surface area contributed by atoms with Crippen LogP contribution in [0.25, 0.3) is 0 Å². The number of alkyl halides is 3. The van der Waals surface area contributed by atoms with Gasteiger partial charge in [-0.25, -0.2) is 9.97 Å². The van der Waals surface area contributed by atoms with Crippen LogP contribution >= 0.6 is 0 Å². The number of hydrogen-bond acceptors (Lipinski definition) is 5. The highest BCUT2D eigenvalue weighted by Gasteiger charge is 2.42. The van der Waals surface area contributed by atoms with Crippen molar-refractivity contribution < 1.29 is 22.7 Å². The molecule has 1 saturated heterocycles. The molecule has 0 radical (unpaired) electrons. The quantitative estimate of drug-likeness (QED) is 0.667. The molecule has 1 aliphatic carbocycles.